The normalized spacial score (nSPS) is 16.7. The molecule has 6 heteroatoms. The van der Waals surface area contributed by atoms with Crippen LogP contribution in [0.1, 0.15) is 50.7 Å². The van der Waals surface area contributed by atoms with Gasteiger partial charge in [0.1, 0.15) is 6.10 Å². The van der Waals surface area contributed by atoms with Gasteiger partial charge in [-0.25, -0.2) is 0 Å². The molecule has 2 rings (SSSR count). The summed E-state index contributed by atoms with van der Waals surface area (Å²) in [6.07, 6.45) is 4.89. The molecule has 0 aromatic heterocycles. The maximum Gasteiger partial charge on any atom is 0.222 e. The molecule has 1 aliphatic rings. The average molecular weight is 375 g/mol. The molecule has 1 unspecified atom stereocenters. The van der Waals surface area contributed by atoms with Gasteiger partial charge in [-0.2, -0.15) is 0 Å². The van der Waals surface area contributed by atoms with Crippen molar-refractivity contribution in [1.29, 1.82) is 0 Å². The Labute approximate surface area is 163 Å². The Balaban J connectivity index is 1.79. The molecule has 150 valence electrons. The summed E-state index contributed by atoms with van der Waals surface area (Å²) in [5.74, 6) is 1.09. The van der Waals surface area contributed by atoms with E-state index in [-0.39, 0.29) is 6.10 Å². The Hall–Kier alpha value is -2.08. The molecule has 1 aliphatic heterocycles. The number of likely N-dealkylation sites (tertiary alicyclic amines) is 1. The van der Waals surface area contributed by atoms with Crippen LogP contribution in [0.3, 0.4) is 0 Å². The molecule has 27 heavy (non-hydrogen) atoms. The van der Waals surface area contributed by atoms with Crippen molar-refractivity contribution >= 4 is 11.9 Å². The fraction of sp³-hybridized carbons (Fsp3) is 0.619. The van der Waals surface area contributed by atoms with Gasteiger partial charge in [-0.1, -0.05) is 36.8 Å². The first-order valence-electron chi connectivity index (χ1n) is 10.1. The molecular formula is C21H34N4O2. The third-order valence-electron chi connectivity index (χ3n) is 4.78. The van der Waals surface area contributed by atoms with E-state index in [1.807, 2.05) is 23.1 Å². The van der Waals surface area contributed by atoms with E-state index >= 15 is 0 Å². The standard InChI is InChI=1S/C21H34N4O2/c1-3-22-21(24-17-19(27-2)18-11-6-4-7-12-18)23-14-10-16-25-15-9-5-8-13-20(25)26/h4,6-7,11-12,19H,3,5,8-10,13-17H2,1-2H3,(H2,22,23,24). The Kier molecular flexibility index (Phi) is 9.69. The number of hydrogen-bond donors (Lipinski definition) is 2. The number of benzene rings is 1. The average Bonchev–Trinajstić information content (AvgIpc) is 2.90. The number of aliphatic imine (C=N–C) groups is 1. The van der Waals surface area contributed by atoms with E-state index < -0.39 is 0 Å². The molecule has 2 N–H and O–H groups in total. The van der Waals surface area contributed by atoms with Gasteiger partial charge in [0.25, 0.3) is 0 Å². The Morgan fingerprint density at radius 3 is 2.78 bits per heavy atom. The van der Waals surface area contributed by atoms with Crippen LogP contribution in [0, 0.1) is 0 Å². The van der Waals surface area contributed by atoms with Crippen molar-refractivity contribution in [3.05, 3.63) is 35.9 Å². The lowest BCUT2D eigenvalue weighted by Crippen LogP contribution is -2.39. The number of rotatable bonds is 9. The van der Waals surface area contributed by atoms with Gasteiger partial charge in [-0.15, -0.1) is 0 Å². The first-order valence-corrected chi connectivity index (χ1v) is 10.1. The predicted molar refractivity (Wildman–Crippen MR) is 110 cm³/mol. The van der Waals surface area contributed by atoms with Gasteiger partial charge in [-0.05, 0) is 31.7 Å². The maximum absolute atomic E-state index is 12.0. The monoisotopic (exact) mass is 374 g/mol. The summed E-state index contributed by atoms with van der Waals surface area (Å²) in [6.45, 7) is 5.92. The summed E-state index contributed by atoms with van der Waals surface area (Å²) in [7, 11) is 1.71. The number of carbonyl (C=O) groups excluding carboxylic acids is 1. The van der Waals surface area contributed by atoms with Crippen LogP contribution in [0.25, 0.3) is 0 Å². The molecule has 1 saturated heterocycles. The summed E-state index contributed by atoms with van der Waals surface area (Å²) >= 11 is 0. The lowest BCUT2D eigenvalue weighted by molar-refractivity contribution is -0.130. The number of methoxy groups -OCH3 is 1. The van der Waals surface area contributed by atoms with E-state index in [1.165, 1.54) is 6.42 Å². The van der Waals surface area contributed by atoms with E-state index in [1.54, 1.807) is 7.11 Å². The van der Waals surface area contributed by atoms with E-state index in [0.29, 0.717) is 18.9 Å². The smallest absolute Gasteiger partial charge is 0.222 e. The minimum Gasteiger partial charge on any atom is -0.375 e. The minimum atomic E-state index is -0.0589. The zero-order valence-electron chi connectivity index (χ0n) is 16.7. The molecule has 1 atom stereocenters. The molecular weight excluding hydrogens is 340 g/mol. The number of nitrogens with one attached hydrogen (secondary N) is 2. The van der Waals surface area contributed by atoms with Crippen LogP contribution in [-0.4, -0.2) is 56.6 Å². The van der Waals surface area contributed by atoms with Crippen LogP contribution in [0.5, 0.6) is 0 Å². The summed E-state index contributed by atoms with van der Waals surface area (Å²) < 4.78 is 5.59. The first-order chi connectivity index (χ1) is 13.2. The largest absolute Gasteiger partial charge is 0.375 e. The highest BCUT2D eigenvalue weighted by molar-refractivity contribution is 5.79. The molecule has 0 spiro atoms. The molecule has 1 amide bonds. The second-order valence-electron chi connectivity index (χ2n) is 6.83. The van der Waals surface area contributed by atoms with E-state index in [0.717, 1.165) is 57.0 Å². The number of nitrogens with zero attached hydrogens (tertiary/aromatic N) is 2. The van der Waals surface area contributed by atoms with Gasteiger partial charge >= 0.3 is 0 Å². The molecule has 6 nitrogen and oxygen atoms in total. The van der Waals surface area contributed by atoms with Crippen LogP contribution in [0.2, 0.25) is 0 Å². The van der Waals surface area contributed by atoms with Crippen molar-refractivity contribution in [3.63, 3.8) is 0 Å². The number of guanidine groups is 1. The molecule has 1 fully saturated rings. The minimum absolute atomic E-state index is 0.0589. The van der Waals surface area contributed by atoms with Crippen LogP contribution < -0.4 is 10.6 Å². The summed E-state index contributed by atoms with van der Waals surface area (Å²) in [4.78, 5) is 18.7. The Morgan fingerprint density at radius 2 is 2.04 bits per heavy atom. The van der Waals surface area contributed by atoms with Crippen LogP contribution >= 0.6 is 0 Å². The first kappa shape index (κ1) is 21.2. The molecule has 1 aromatic rings. The van der Waals surface area contributed by atoms with Crippen molar-refractivity contribution in [2.45, 2.75) is 45.1 Å². The summed E-state index contributed by atoms with van der Waals surface area (Å²) in [5.41, 5.74) is 1.12. The highest BCUT2D eigenvalue weighted by atomic mass is 16.5. The SMILES string of the molecule is CCNC(=NCC(OC)c1ccccc1)NCCCN1CCCCCC1=O. The maximum atomic E-state index is 12.0. The van der Waals surface area contributed by atoms with E-state index in [2.05, 4.69) is 34.7 Å². The third-order valence-corrected chi connectivity index (χ3v) is 4.78. The van der Waals surface area contributed by atoms with Crippen LogP contribution in [0.15, 0.2) is 35.3 Å². The molecule has 0 saturated carbocycles. The van der Waals surface area contributed by atoms with Gasteiger partial charge in [0, 0.05) is 39.7 Å². The van der Waals surface area contributed by atoms with Crippen molar-refractivity contribution in [2.75, 3.05) is 39.8 Å². The molecule has 0 radical (unpaired) electrons. The molecule has 1 heterocycles. The fourth-order valence-electron chi connectivity index (χ4n) is 3.25. The zero-order chi connectivity index (χ0) is 19.3. The molecule has 1 aromatic carbocycles. The lowest BCUT2D eigenvalue weighted by atomic mass is 10.1. The predicted octanol–water partition coefficient (Wildman–Crippen LogP) is 2.72. The van der Waals surface area contributed by atoms with Crippen molar-refractivity contribution < 1.29 is 9.53 Å². The second kappa shape index (κ2) is 12.3. The number of carbonyl (C=O) groups is 1. The number of ether oxygens (including phenoxy) is 1. The third kappa shape index (κ3) is 7.59. The molecule has 0 aliphatic carbocycles. The topological polar surface area (TPSA) is 66.0 Å². The van der Waals surface area contributed by atoms with E-state index in [9.17, 15) is 4.79 Å². The highest BCUT2D eigenvalue weighted by Gasteiger charge is 2.15. The summed E-state index contributed by atoms with van der Waals surface area (Å²) in [6, 6.07) is 10.1. The van der Waals surface area contributed by atoms with E-state index in [4.69, 9.17) is 4.74 Å². The van der Waals surface area contributed by atoms with Gasteiger partial charge in [-0.3, -0.25) is 9.79 Å². The highest BCUT2D eigenvalue weighted by Crippen LogP contribution is 2.16. The summed E-state index contributed by atoms with van der Waals surface area (Å²) in [5, 5.41) is 6.64. The Morgan fingerprint density at radius 1 is 1.22 bits per heavy atom. The zero-order valence-corrected chi connectivity index (χ0v) is 16.7. The van der Waals surface area contributed by atoms with Crippen molar-refractivity contribution in [1.82, 2.24) is 15.5 Å². The van der Waals surface area contributed by atoms with Crippen molar-refractivity contribution in [2.24, 2.45) is 4.99 Å². The van der Waals surface area contributed by atoms with Gasteiger partial charge in [0.05, 0.1) is 6.54 Å². The number of amides is 1. The van der Waals surface area contributed by atoms with Gasteiger partial charge in [0.15, 0.2) is 5.96 Å². The van der Waals surface area contributed by atoms with Crippen LogP contribution in [0.4, 0.5) is 0 Å². The second-order valence-corrected chi connectivity index (χ2v) is 6.83. The van der Waals surface area contributed by atoms with Gasteiger partial charge < -0.3 is 20.3 Å². The van der Waals surface area contributed by atoms with Crippen LogP contribution in [-0.2, 0) is 9.53 Å². The quantitative estimate of drug-likeness (QED) is 0.396. The fourth-order valence-corrected chi connectivity index (χ4v) is 3.25. The van der Waals surface area contributed by atoms with Gasteiger partial charge in [0.2, 0.25) is 5.91 Å². The lowest BCUT2D eigenvalue weighted by Gasteiger charge is -2.21. The Bertz CT molecular complexity index is 577. The molecule has 0 bridgehead atoms. The van der Waals surface area contributed by atoms with Crippen molar-refractivity contribution in [3.8, 4) is 0 Å². The number of hydrogen-bond acceptors (Lipinski definition) is 3.